The third-order valence-electron chi connectivity index (χ3n) is 2.07. The maximum atomic E-state index is 12.8. The monoisotopic (exact) mass is 407 g/mol. The van der Waals surface area contributed by atoms with Gasteiger partial charge >= 0.3 is 18.3 Å². The molecule has 0 aromatic heterocycles. The van der Waals surface area contributed by atoms with E-state index < -0.39 is 18.3 Å². The standard InChI is InChI=1S/C10H7Br2F4NO2/c1-19-7-3-6(4(11)2-5(7)12)17-9(18)10(15,16)8(13)14/h2-3,8H,1H3,(H,17,18). The predicted octanol–water partition coefficient (Wildman–Crippen LogP) is 4.06. The van der Waals surface area contributed by atoms with Gasteiger partial charge in [0, 0.05) is 10.5 Å². The van der Waals surface area contributed by atoms with Gasteiger partial charge in [0.1, 0.15) is 5.75 Å². The van der Waals surface area contributed by atoms with E-state index in [1.807, 2.05) is 0 Å². The molecule has 1 rings (SSSR count). The zero-order valence-electron chi connectivity index (χ0n) is 9.32. The van der Waals surface area contributed by atoms with Gasteiger partial charge in [-0.15, -0.1) is 0 Å². The van der Waals surface area contributed by atoms with Gasteiger partial charge in [0.25, 0.3) is 0 Å². The zero-order chi connectivity index (χ0) is 14.8. The van der Waals surface area contributed by atoms with Crippen LogP contribution in [-0.4, -0.2) is 25.4 Å². The van der Waals surface area contributed by atoms with E-state index in [1.165, 1.54) is 19.2 Å². The van der Waals surface area contributed by atoms with Crippen LogP contribution in [0.2, 0.25) is 0 Å². The molecular weight excluding hydrogens is 402 g/mol. The van der Waals surface area contributed by atoms with Crippen molar-refractivity contribution in [1.29, 1.82) is 0 Å². The first-order valence-corrected chi connectivity index (χ1v) is 6.29. The molecule has 0 aliphatic heterocycles. The summed E-state index contributed by atoms with van der Waals surface area (Å²) in [6.07, 6.45) is -4.08. The van der Waals surface area contributed by atoms with E-state index in [-0.39, 0.29) is 15.9 Å². The largest absolute Gasteiger partial charge is 0.495 e. The third-order valence-corrected chi connectivity index (χ3v) is 3.34. The van der Waals surface area contributed by atoms with E-state index in [0.29, 0.717) is 4.47 Å². The summed E-state index contributed by atoms with van der Waals surface area (Å²) in [5.74, 6) is -6.61. The second-order valence-corrected chi connectivity index (χ2v) is 5.05. The van der Waals surface area contributed by atoms with Crippen molar-refractivity contribution in [3.63, 3.8) is 0 Å². The number of amides is 1. The summed E-state index contributed by atoms with van der Waals surface area (Å²) < 4.78 is 55.3. The van der Waals surface area contributed by atoms with Gasteiger partial charge in [-0.3, -0.25) is 4.79 Å². The summed E-state index contributed by atoms with van der Waals surface area (Å²) in [5, 5.41) is 1.72. The Hall–Kier alpha value is -0.830. The number of rotatable bonds is 4. The zero-order valence-corrected chi connectivity index (χ0v) is 12.5. The molecule has 0 bridgehead atoms. The van der Waals surface area contributed by atoms with Crippen LogP contribution in [0.3, 0.4) is 0 Å². The molecule has 0 spiro atoms. The number of methoxy groups -OCH3 is 1. The first-order chi connectivity index (χ1) is 8.70. The van der Waals surface area contributed by atoms with Crippen molar-refractivity contribution in [2.24, 2.45) is 0 Å². The average molecular weight is 409 g/mol. The molecule has 0 fully saturated rings. The number of hydrogen-bond donors (Lipinski definition) is 1. The van der Waals surface area contributed by atoms with E-state index in [4.69, 9.17) is 4.74 Å². The third kappa shape index (κ3) is 3.59. The molecule has 19 heavy (non-hydrogen) atoms. The minimum absolute atomic E-state index is 0.106. The Morgan fingerprint density at radius 2 is 1.89 bits per heavy atom. The normalized spacial score (nSPS) is 11.6. The maximum Gasteiger partial charge on any atom is 0.383 e. The maximum absolute atomic E-state index is 12.8. The molecule has 9 heteroatoms. The topological polar surface area (TPSA) is 38.3 Å². The molecule has 0 saturated heterocycles. The van der Waals surface area contributed by atoms with Gasteiger partial charge in [-0.25, -0.2) is 8.78 Å². The highest BCUT2D eigenvalue weighted by Gasteiger charge is 2.49. The molecule has 0 saturated carbocycles. The fourth-order valence-electron chi connectivity index (χ4n) is 1.09. The summed E-state index contributed by atoms with van der Waals surface area (Å²) in [5.41, 5.74) is -0.106. The van der Waals surface area contributed by atoms with Gasteiger partial charge in [0.05, 0.1) is 17.3 Å². The average Bonchev–Trinajstić information content (AvgIpc) is 2.32. The van der Waals surface area contributed by atoms with E-state index >= 15 is 0 Å². The molecule has 0 unspecified atom stereocenters. The van der Waals surface area contributed by atoms with Crippen LogP contribution in [0.5, 0.6) is 5.75 Å². The molecule has 1 amide bonds. The summed E-state index contributed by atoms with van der Waals surface area (Å²) in [6, 6.07) is 2.64. The molecule has 0 atom stereocenters. The number of hydrogen-bond acceptors (Lipinski definition) is 2. The SMILES string of the molecule is COc1cc(NC(=O)C(F)(F)C(F)F)c(Br)cc1Br. The number of carbonyl (C=O) groups is 1. The van der Waals surface area contributed by atoms with E-state index in [1.54, 1.807) is 5.32 Å². The van der Waals surface area contributed by atoms with Crippen molar-refractivity contribution >= 4 is 43.5 Å². The van der Waals surface area contributed by atoms with Gasteiger partial charge in [-0.05, 0) is 37.9 Å². The summed E-state index contributed by atoms with van der Waals surface area (Å²) in [7, 11) is 1.33. The lowest BCUT2D eigenvalue weighted by molar-refractivity contribution is -0.163. The van der Waals surface area contributed by atoms with Gasteiger partial charge in [0.15, 0.2) is 0 Å². The number of carbonyl (C=O) groups excluding carboxylic acids is 1. The second kappa shape index (κ2) is 6.08. The van der Waals surface area contributed by atoms with Gasteiger partial charge in [-0.1, -0.05) is 0 Å². The van der Waals surface area contributed by atoms with Crippen LogP contribution in [0.15, 0.2) is 21.1 Å². The Labute approximate surface area is 122 Å². The molecule has 1 aromatic rings. The predicted molar refractivity (Wildman–Crippen MR) is 68.0 cm³/mol. The van der Waals surface area contributed by atoms with Crippen molar-refractivity contribution in [1.82, 2.24) is 0 Å². The fourth-order valence-corrected chi connectivity index (χ4v) is 2.34. The Kier molecular flexibility index (Phi) is 5.19. The molecular formula is C10H7Br2F4NO2. The van der Waals surface area contributed by atoms with E-state index in [9.17, 15) is 22.4 Å². The van der Waals surface area contributed by atoms with E-state index in [0.717, 1.165) is 0 Å². The highest BCUT2D eigenvalue weighted by atomic mass is 79.9. The number of ether oxygens (including phenoxy) is 1. The molecule has 3 nitrogen and oxygen atoms in total. The smallest absolute Gasteiger partial charge is 0.383 e. The van der Waals surface area contributed by atoms with Crippen molar-refractivity contribution in [3.8, 4) is 5.75 Å². The number of benzene rings is 1. The number of nitrogens with one attached hydrogen (secondary N) is 1. The van der Waals surface area contributed by atoms with Crippen molar-refractivity contribution in [2.75, 3.05) is 12.4 Å². The molecule has 0 aliphatic carbocycles. The van der Waals surface area contributed by atoms with Crippen molar-refractivity contribution in [2.45, 2.75) is 12.3 Å². The quantitative estimate of drug-likeness (QED) is 0.763. The van der Waals surface area contributed by atoms with Crippen LogP contribution in [-0.2, 0) is 4.79 Å². The lowest BCUT2D eigenvalue weighted by Crippen LogP contribution is -2.41. The molecule has 0 heterocycles. The Morgan fingerprint density at radius 3 is 2.37 bits per heavy atom. The lowest BCUT2D eigenvalue weighted by Gasteiger charge is -2.16. The van der Waals surface area contributed by atoms with Gasteiger partial charge in [0.2, 0.25) is 0 Å². The number of halogens is 6. The fraction of sp³-hybridized carbons (Fsp3) is 0.300. The Morgan fingerprint density at radius 1 is 1.32 bits per heavy atom. The van der Waals surface area contributed by atoms with Crippen LogP contribution in [0.1, 0.15) is 0 Å². The lowest BCUT2D eigenvalue weighted by atomic mass is 10.2. The number of anilines is 1. The first-order valence-electron chi connectivity index (χ1n) is 4.70. The van der Waals surface area contributed by atoms with Crippen LogP contribution >= 0.6 is 31.9 Å². The Bertz CT molecular complexity index is 497. The van der Waals surface area contributed by atoms with Crippen LogP contribution < -0.4 is 10.1 Å². The second-order valence-electron chi connectivity index (χ2n) is 3.34. The molecule has 1 aromatic carbocycles. The number of alkyl halides is 4. The van der Waals surface area contributed by atoms with Gasteiger partial charge < -0.3 is 10.1 Å². The molecule has 1 N–H and O–H groups in total. The molecule has 0 aliphatic rings. The highest BCUT2D eigenvalue weighted by molar-refractivity contribution is 9.11. The van der Waals surface area contributed by atoms with Crippen LogP contribution in [0.4, 0.5) is 23.2 Å². The summed E-state index contributed by atoms with van der Waals surface area (Å²) >= 11 is 6.14. The van der Waals surface area contributed by atoms with Crippen molar-refractivity contribution < 1.29 is 27.1 Å². The minimum Gasteiger partial charge on any atom is -0.495 e. The van der Waals surface area contributed by atoms with E-state index in [2.05, 4.69) is 31.9 Å². The molecule has 0 radical (unpaired) electrons. The first kappa shape index (κ1) is 16.2. The summed E-state index contributed by atoms with van der Waals surface area (Å²) in [6.45, 7) is 0. The molecule has 106 valence electrons. The van der Waals surface area contributed by atoms with Crippen molar-refractivity contribution in [3.05, 3.63) is 21.1 Å². The van der Waals surface area contributed by atoms with Gasteiger partial charge in [-0.2, -0.15) is 8.78 Å². The Balaban J connectivity index is 3.03. The highest BCUT2D eigenvalue weighted by Crippen LogP contribution is 2.35. The summed E-state index contributed by atoms with van der Waals surface area (Å²) in [4.78, 5) is 11.1. The van der Waals surface area contributed by atoms with Crippen LogP contribution in [0, 0.1) is 0 Å². The minimum atomic E-state index is -4.76. The van der Waals surface area contributed by atoms with Crippen LogP contribution in [0.25, 0.3) is 0 Å².